The van der Waals surface area contributed by atoms with Crippen LogP contribution in [0.4, 0.5) is 0 Å². The first kappa shape index (κ1) is 19.1. The highest BCUT2D eigenvalue weighted by molar-refractivity contribution is 6.74. The van der Waals surface area contributed by atoms with Gasteiger partial charge in [-0.05, 0) is 30.5 Å². The number of nitrogens with zero attached hydrogens (tertiary/aromatic N) is 1. The number of ether oxygens (including phenoxy) is 1. The number of esters is 1. The minimum Gasteiger partial charge on any atom is -0.469 e. The van der Waals surface area contributed by atoms with Crippen LogP contribution in [0.2, 0.25) is 18.1 Å². The van der Waals surface area contributed by atoms with E-state index in [9.17, 15) is 10.1 Å². The topological polar surface area (TPSA) is 59.3 Å². The summed E-state index contributed by atoms with van der Waals surface area (Å²) in [5.41, 5.74) is 0. The van der Waals surface area contributed by atoms with E-state index in [-0.39, 0.29) is 22.8 Å². The zero-order valence-corrected chi connectivity index (χ0v) is 15.1. The summed E-state index contributed by atoms with van der Waals surface area (Å²) in [6.07, 6.45) is -0.157. The average molecular weight is 299 g/mol. The molecule has 0 spiro atoms. The van der Waals surface area contributed by atoms with Gasteiger partial charge in [0, 0.05) is 0 Å². The zero-order chi connectivity index (χ0) is 16.1. The van der Waals surface area contributed by atoms with Crippen molar-refractivity contribution in [1.82, 2.24) is 0 Å². The van der Waals surface area contributed by atoms with Gasteiger partial charge in [-0.15, -0.1) is 0 Å². The van der Waals surface area contributed by atoms with E-state index in [1.54, 1.807) is 0 Å². The molecule has 0 aromatic rings. The molecule has 0 bridgehead atoms. The quantitative estimate of drug-likeness (QED) is 0.554. The van der Waals surface area contributed by atoms with Gasteiger partial charge < -0.3 is 9.16 Å². The molecular weight excluding hydrogens is 270 g/mol. The van der Waals surface area contributed by atoms with Gasteiger partial charge in [-0.2, -0.15) is 5.26 Å². The first-order valence-electron chi connectivity index (χ1n) is 7.11. The van der Waals surface area contributed by atoms with Crippen molar-refractivity contribution in [1.29, 1.82) is 5.26 Å². The zero-order valence-electron chi connectivity index (χ0n) is 14.1. The number of carbonyl (C=O) groups is 1. The predicted molar refractivity (Wildman–Crippen MR) is 82.6 cm³/mol. The number of hydrogen-bond donors (Lipinski definition) is 0. The van der Waals surface area contributed by atoms with Gasteiger partial charge in [-0.25, -0.2) is 0 Å². The van der Waals surface area contributed by atoms with Gasteiger partial charge in [0.1, 0.15) is 6.10 Å². The molecular formula is C15H29NO3Si. The summed E-state index contributed by atoms with van der Waals surface area (Å²) in [7, 11) is -0.627. The lowest BCUT2D eigenvalue weighted by atomic mass is 9.90. The maximum Gasteiger partial charge on any atom is 0.309 e. The molecule has 0 aliphatic rings. The molecule has 5 heteroatoms. The third kappa shape index (κ3) is 5.26. The second-order valence-electron chi connectivity index (χ2n) is 7.11. The number of rotatable bonds is 6. The van der Waals surface area contributed by atoms with E-state index in [4.69, 9.17) is 9.16 Å². The second kappa shape index (κ2) is 7.23. The standard InChI is InChI=1S/C15H29NO3Si/c1-11(2)13(14(17)18-6)9-12(10-16)19-20(7,8)15(3,4)5/h11-13H,9H2,1-8H3/t12-,13?/m0/s1. The molecule has 0 rings (SSSR count). The van der Waals surface area contributed by atoms with Gasteiger partial charge in [0.2, 0.25) is 0 Å². The molecule has 0 aromatic carbocycles. The van der Waals surface area contributed by atoms with Crippen LogP contribution in [0.25, 0.3) is 0 Å². The van der Waals surface area contributed by atoms with Gasteiger partial charge in [0.25, 0.3) is 0 Å². The molecule has 0 saturated carbocycles. The molecule has 0 fully saturated rings. The summed E-state index contributed by atoms with van der Waals surface area (Å²) in [5, 5.41) is 9.38. The Labute approximate surface area is 124 Å². The minimum atomic E-state index is -2.01. The van der Waals surface area contributed by atoms with E-state index in [2.05, 4.69) is 39.9 Å². The lowest BCUT2D eigenvalue weighted by Crippen LogP contribution is -2.44. The molecule has 1 unspecified atom stereocenters. The lowest BCUT2D eigenvalue weighted by molar-refractivity contribution is -0.147. The highest BCUT2D eigenvalue weighted by Crippen LogP contribution is 2.38. The van der Waals surface area contributed by atoms with Crippen LogP contribution in [0.1, 0.15) is 41.0 Å². The molecule has 4 nitrogen and oxygen atoms in total. The molecule has 0 heterocycles. The monoisotopic (exact) mass is 299 g/mol. The van der Waals surface area contributed by atoms with Gasteiger partial charge in [-0.1, -0.05) is 34.6 Å². The molecule has 0 amide bonds. The Morgan fingerprint density at radius 1 is 1.30 bits per heavy atom. The van der Waals surface area contributed by atoms with Crippen LogP contribution in [-0.2, 0) is 14.0 Å². The van der Waals surface area contributed by atoms with Crippen molar-refractivity contribution in [3.8, 4) is 6.07 Å². The fourth-order valence-corrected chi connectivity index (χ4v) is 2.90. The van der Waals surface area contributed by atoms with Crippen molar-refractivity contribution in [3.05, 3.63) is 0 Å². The maximum atomic E-state index is 11.8. The van der Waals surface area contributed by atoms with Crippen molar-refractivity contribution in [2.24, 2.45) is 11.8 Å². The molecule has 0 N–H and O–H groups in total. The summed E-state index contributed by atoms with van der Waals surface area (Å²) in [4.78, 5) is 11.8. The number of hydrogen-bond acceptors (Lipinski definition) is 4. The van der Waals surface area contributed by atoms with Crippen LogP contribution in [-0.4, -0.2) is 27.5 Å². The van der Waals surface area contributed by atoms with E-state index >= 15 is 0 Å². The SMILES string of the molecule is COC(=O)C(C[C@@H](C#N)O[Si](C)(C)C(C)(C)C)C(C)C. The van der Waals surface area contributed by atoms with Crippen molar-refractivity contribution in [2.75, 3.05) is 7.11 Å². The Balaban J connectivity index is 4.95. The molecule has 0 aliphatic carbocycles. The van der Waals surface area contributed by atoms with Crippen molar-refractivity contribution >= 4 is 14.3 Å². The van der Waals surface area contributed by atoms with E-state index in [0.717, 1.165) is 0 Å². The maximum absolute atomic E-state index is 11.8. The number of carbonyl (C=O) groups excluding carboxylic acids is 1. The minimum absolute atomic E-state index is 0.0424. The highest BCUT2D eigenvalue weighted by Gasteiger charge is 2.40. The van der Waals surface area contributed by atoms with Crippen molar-refractivity contribution in [3.63, 3.8) is 0 Å². The molecule has 2 atom stereocenters. The molecule has 0 aliphatic heterocycles. The van der Waals surface area contributed by atoms with Crippen molar-refractivity contribution < 1.29 is 14.0 Å². The third-order valence-electron chi connectivity index (χ3n) is 4.16. The molecule has 0 radical (unpaired) electrons. The van der Waals surface area contributed by atoms with Crippen LogP contribution >= 0.6 is 0 Å². The van der Waals surface area contributed by atoms with Gasteiger partial charge in [0.05, 0.1) is 19.1 Å². The van der Waals surface area contributed by atoms with Gasteiger partial charge in [0.15, 0.2) is 8.32 Å². The van der Waals surface area contributed by atoms with Crippen LogP contribution < -0.4 is 0 Å². The fourth-order valence-electron chi connectivity index (χ4n) is 1.68. The number of methoxy groups -OCH3 is 1. The summed E-state index contributed by atoms with van der Waals surface area (Å²) < 4.78 is 10.9. The highest BCUT2D eigenvalue weighted by atomic mass is 28.4. The summed E-state index contributed by atoms with van der Waals surface area (Å²) in [6, 6.07) is 2.20. The Bertz CT molecular complexity index is 366. The largest absolute Gasteiger partial charge is 0.469 e. The predicted octanol–water partition coefficient (Wildman–Crippen LogP) is 3.74. The Morgan fingerprint density at radius 3 is 2.10 bits per heavy atom. The van der Waals surface area contributed by atoms with E-state index in [0.29, 0.717) is 6.42 Å². The van der Waals surface area contributed by atoms with Crippen molar-refractivity contribution in [2.45, 2.75) is 65.3 Å². The summed E-state index contributed by atoms with van der Waals surface area (Å²) >= 11 is 0. The summed E-state index contributed by atoms with van der Waals surface area (Å²) in [5.74, 6) is -0.435. The third-order valence-corrected chi connectivity index (χ3v) is 8.65. The fraction of sp³-hybridized carbons (Fsp3) is 0.867. The molecule has 116 valence electrons. The second-order valence-corrected chi connectivity index (χ2v) is 11.9. The lowest BCUT2D eigenvalue weighted by Gasteiger charge is -2.38. The normalized spacial score (nSPS) is 15.6. The molecule has 0 saturated heterocycles. The van der Waals surface area contributed by atoms with Crippen LogP contribution in [0.3, 0.4) is 0 Å². The summed E-state index contributed by atoms with van der Waals surface area (Å²) in [6.45, 7) is 14.5. The molecule has 0 aromatic heterocycles. The average Bonchev–Trinajstić information content (AvgIpc) is 2.31. The van der Waals surface area contributed by atoms with Crippen LogP contribution in [0.5, 0.6) is 0 Å². The van der Waals surface area contributed by atoms with E-state index in [1.165, 1.54) is 7.11 Å². The van der Waals surface area contributed by atoms with Crippen LogP contribution in [0.15, 0.2) is 0 Å². The first-order chi connectivity index (χ1) is 8.96. The molecule has 20 heavy (non-hydrogen) atoms. The smallest absolute Gasteiger partial charge is 0.309 e. The first-order valence-corrected chi connectivity index (χ1v) is 10.0. The van der Waals surface area contributed by atoms with Gasteiger partial charge >= 0.3 is 5.97 Å². The Kier molecular flexibility index (Phi) is 6.92. The van der Waals surface area contributed by atoms with E-state index < -0.39 is 14.4 Å². The number of nitriles is 1. The Hall–Kier alpha value is -0.863. The van der Waals surface area contributed by atoms with Crippen LogP contribution in [0, 0.1) is 23.2 Å². The van der Waals surface area contributed by atoms with Gasteiger partial charge in [-0.3, -0.25) is 4.79 Å². The Morgan fingerprint density at radius 2 is 1.80 bits per heavy atom. The van der Waals surface area contributed by atoms with E-state index in [1.807, 2.05) is 13.8 Å².